The molecule has 23 heavy (non-hydrogen) atoms. The predicted molar refractivity (Wildman–Crippen MR) is 93.0 cm³/mol. The molecular formula is C15H14Cl3NO3S. The van der Waals surface area contributed by atoms with Gasteiger partial charge in [0.2, 0.25) is 10.0 Å². The van der Waals surface area contributed by atoms with Crippen LogP contribution in [0.2, 0.25) is 5.02 Å². The number of hydrogen-bond donors (Lipinski definition) is 1. The maximum atomic E-state index is 12.5. The fourth-order valence-corrected chi connectivity index (χ4v) is 3.85. The summed E-state index contributed by atoms with van der Waals surface area (Å²) in [4.78, 5) is -0.889. The quantitative estimate of drug-likeness (QED) is 0.748. The van der Waals surface area contributed by atoms with E-state index < -0.39 is 20.9 Å². The van der Waals surface area contributed by atoms with Gasteiger partial charge in [0.1, 0.15) is 10.6 Å². The summed E-state index contributed by atoms with van der Waals surface area (Å²) in [5, 5.41) is 0.447. The number of halogens is 3. The molecule has 0 heterocycles. The minimum atomic E-state index is -3.79. The number of ether oxygens (including phenoxy) is 1. The average Bonchev–Trinajstić information content (AvgIpc) is 2.53. The predicted octanol–water partition coefficient (Wildman–Crippen LogP) is 4.17. The Kier molecular flexibility index (Phi) is 6.17. The average molecular weight is 395 g/mol. The fraction of sp³-hybridized carbons (Fsp3) is 0.200. The van der Waals surface area contributed by atoms with Crippen molar-refractivity contribution >= 4 is 44.8 Å². The number of sulfonamides is 1. The molecule has 0 aliphatic carbocycles. The van der Waals surface area contributed by atoms with Gasteiger partial charge in [0, 0.05) is 5.02 Å². The Morgan fingerprint density at radius 1 is 1.00 bits per heavy atom. The van der Waals surface area contributed by atoms with Crippen LogP contribution in [0.1, 0.15) is 11.6 Å². The third kappa shape index (κ3) is 4.75. The maximum Gasteiger partial charge on any atom is 0.241 e. The molecule has 2 aromatic carbocycles. The standard InChI is InChI=1S/C15H14Cl3NO3S/c1-22-12-6-2-10(3-7-12)14(15(17)18)19-23(20,21)13-8-4-11(16)5-9-13/h2-9,14-15,19H,1H3. The Labute approximate surface area is 150 Å². The van der Waals surface area contributed by atoms with E-state index in [2.05, 4.69) is 4.72 Å². The Morgan fingerprint density at radius 3 is 2.04 bits per heavy atom. The molecule has 0 bridgehead atoms. The van der Waals surface area contributed by atoms with E-state index in [0.717, 1.165) is 0 Å². The first-order valence-electron chi connectivity index (χ1n) is 6.53. The molecule has 0 saturated carbocycles. The molecule has 0 aliphatic rings. The second-order valence-electron chi connectivity index (χ2n) is 4.66. The van der Waals surface area contributed by atoms with Crippen LogP contribution >= 0.6 is 34.8 Å². The van der Waals surface area contributed by atoms with Crippen LogP contribution in [-0.2, 0) is 10.0 Å². The largest absolute Gasteiger partial charge is 0.497 e. The fourth-order valence-electron chi connectivity index (χ4n) is 1.93. The normalized spacial score (nSPS) is 13.1. The number of methoxy groups -OCH3 is 1. The number of benzene rings is 2. The van der Waals surface area contributed by atoms with Gasteiger partial charge in [-0.2, -0.15) is 0 Å². The van der Waals surface area contributed by atoms with E-state index >= 15 is 0 Å². The number of hydrogen-bond acceptors (Lipinski definition) is 3. The highest BCUT2D eigenvalue weighted by molar-refractivity contribution is 7.89. The van der Waals surface area contributed by atoms with Gasteiger partial charge in [-0.3, -0.25) is 0 Å². The van der Waals surface area contributed by atoms with Crippen molar-refractivity contribution < 1.29 is 13.2 Å². The third-order valence-corrected chi connectivity index (χ3v) is 5.35. The van der Waals surface area contributed by atoms with Crippen molar-refractivity contribution in [2.75, 3.05) is 7.11 Å². The monoisotopic (exact) mass is 393 g/mol. The van der Waals surface area contributed by atoms with E-state index in [1.807, 2.05) is 0 Å². The van der Waals surface area contributed by atoms with Crippen LogP contribution in [-0.4, -0.2) is 20.4 Å². The van der Waals surface area contributed by atoms with Gasteiger partial charge in [0.25, 0.3) is 0 Å². The van der Waals surface area contributed by atoms with Crippen molar-refractivity contribution in [1.29, 1.82) is 0 Å². The SMILES string of the molecule is COc1ccc(C(NS(=O)(=O)c2ccc(Cl)cc2)C(Cl)Cl)cc1. The van der Waals surface area contributed by atoms with Gasteiger partial charge < -0.3 is 4.74 Å². The van der Waals surface area contributed by atoms with E-state index in [1.165, 1.54) is 24.3 Å². The summed E-state index contributed by atoms with van der Waals surface area (Å²) in [7, 11) is -2.25. The number of rotatable bonds is 6. The summed E-state index contributed by atoms with van der Waals surface area (Å²) >= 11 is 17.7. The lowest BCUT2D eigenvalue weighted by atomic mass is 10.1. The lowest BCUT2D eigenvalue weighted by Gasteiger charge is -2.20. The lowest BCUT2D eigenvalue weighted by Crippen LogP contribution is -2.32. The molecule has 0 spiro atoms. The van der Waals surface area contributed by atoms with Crippen molar-refractivity contribution in [3.8, 4) is 5.75 Å². The van der Waals surface area contributed by atoms with Crippen molar-refractivity contribution in [2.45, 2.75) is 15.8 Å². The lowest BCUT2D eigenvalue weighted by molar-refractivity contribution is 0.414. The van der Waals surface area contributed by atoms with Gasteiger partial charge >= 0.3 is 0 Å². The van der Waals surface area contributed by atoms with E-state index in [1.54, 1.807) is 31.4 Å². The highest BCUT2D eigenvalue weighted by Gasteiger charge is 2.26. The molecule has 124 valence electrons. The molecule has 0 radical (unpaired) electrons. The zero-order chi connectivity index (χ0) is 17.0. The summed E-state index contributed by atoms with van der Waals surface area (Å²) in [6.07, 6.45) is 0. The van der Waals surface area contributed by atoms with Gasteiger partial charge in [-0.15, -0.1) is 23.2 Å². The van der Waals surface area contributed by atoms with Gasteiger partial charge in [0.05, 0.1) is 18.0 Å². The summed E-state index contributed by atoms with van der Waals surface area (Å²) in [5.41, 5.74) is 0.623. The van der Waals surface area contributed by atoms with Gasteiger partial charge in [-0.25, -0.2) is 13.1 Å². The minimum absolute atomic E-state index is 0.0781. The zero-order valence-corrected chi connectivity index (χ0v) is 15.1. The minimum Gasteiger partial charge on any atom is -0.497 e. The molecule has 2 aromatic rings. The molecule has 8 heteroatoms. The Balaban J connectivity index is 2.29. The highest BCUT2D eigenvalue weighted by Crippen LogP contribution is 2.28. The Morgan fingerprint density at radius 2 is 1.57 bits per heavy atom. The second kappa shape index (κ2) is 7.73. The van der Waals surface area contributed by atoms with E-state index in [-0.39, 0.29) is 4.90 Å². The van der Waals surface area contributed by atoms with E-state index in [0.29, 0.717) is 16.3 Å². The Bertz CT molecular complexity index is 747. The smallest absolute Gasteiger partial charge is 0.241 e. The molecule has 0 aliphatic heterocycles. The third-order valence-electron chi connectivity index (χ3n) is 3.13. The molecule has 0 saturated heterocycles. The first-order chi connectivity index (χ1) is 10.8. The van der Waals surface area contributed by atoms with Crippen molar-refractivity contribution in [3.63, 3.8) is 0 Å². The van der Waals surface area contributed by atoms with Crippen molar-refractivity contribution in [1.82, 2.24) is 4.72 Å². The van der Waals surface area contributed by atoms with Crippen LogP contribution in [0.3, 0.4) is 0 Å². The van der Waals surface area contributed by atoms with Crippen LogP contribution in [0.5, 0.6) is 5.75 Å². The molecule has 0 fully saturated rings. The van der Waals surface area contributed by atoms with Crippen molar-refractivity contribution in [2.24, 2.45) is 0 Å². The van der Waals surface area contributed by atoms with E-state index in [4.69, 9.17) is 39.5 Å². The first kappa shape index (κ1) is 18.4. The van der Waals surface area contributed by atoms with Gasteiger partial charge in [-0.1, -0.05) is 23.7 Å². The molecule has 4 nitrogen and oxygen atoms in total. The first-order valence-corrected chi connectivity index (χ1v) is 9.27. The van der Waals surface area contributed by atoms with E-state index in [9.17, 15) is 8.42 Å². The molecule has 1 unspecified atom stereocenters. The highest BCUT2D eigenvalue weighted by atomic mass is 35.5. The van der Waals surface area contributed by atoms with Gasteiger partial charge in [-0.05, 0) is 42.0 Å². The molecule has 1 N–H and O–H groups in total. The van der Waals surface area contributed by atoms with Crippen LogP contribution in [0, 0.1) is 0 Å². The molecule has 1 atom stereocenters. The van der Waals surface area contributed by atoms with Gasteiger partial charge in [0.15, 0.2) is 0 Å². The molecular weight excluding hydrogens is 381 g/mol. The summed E-state index contributed by atoms with van der Waals surface area (Å²) in [6.45, 7) is 0. The van der Waals surface area contributed by atoms with Crippen LogP contribution in [0.15, 0.2) is 53.4 Å². The topological polar surface area (TPSA) is 55.4 Å². The molecule has 0 amide bonds. The number of alkyl halides is 2. The zero-order valence-electron chi connectivity index (χ0n) is 12.0. The van der Waals surface area contributed by atoms with Crippen molar-refractivity contribution in [3.05, 3.63) is 59.1 Å². The van der Waals surface area contributed by atoms with Crippen LogP contribution in [0.4, 0.5) is 0 Å². The van der Waals surface area contributed by atoms with Crippen LogP contribution in [0.25, 0.3) is 0 Å². The van der Waals surface area contributed by atoms with Crippen LogP contribution < -0.4 is 9.46 Å². The number of nitrogens with one attached hydrogen (secondary N) is 1. The summed E-state index contributed by atoms with van der Waals surface area (Å²) in [5.74, 6) is 0.647. The molecule has 0 aromatic heterocycles. The maximum absolute atomic E-state index is 12.5. The second-order valence-corrected chi connectivity index (χ2v) is 7.97. The Hall–Kier alpha value is -0.980. The molecule has 2 rings (SSSR count). The summed E-state index contributed by atoms with van der Waals surface area (Å²) in [6, 6.07) is 11.8. The summed E-state index contributed by atoms with van der Waals surface area (Å²) < 4.78 is 32.5.